The average molecular weight is 334 g/mol. The number of amides is 2. The van der Waals surface area contributed by atoms with Gasteiger partial charge in [-0.1, -0.05) is 19.4 Å². The SMILES string of the molecule is CCCC(O)CNC(=O)Nc1cccc(OCC(F)(F)F)c1C. The van der Waals surface area contributed by atoms with E-state index in [1.165, 1.54) is 12.1 Å². The van der Waals surface area contributed by atoms with Gasteiger partial charge in [0.05, 0.1) is 6.10 Å². The number of aliphatic hydroxyl groups is 1. The maximum atomic E-state index is 12.2. The van der Waals surface area contributed by atoms with Crippen LogP contribution in [-0.4, -0.2) is 36.6 Å². The fraction of sp³-hybridized carbons (Fsp3) is 0.533. The first kappa shape index (κ1) is 19.1. The molecule has 2 amide bonds. The standard InChI is InChI=1S/C15H21F3N2O3/c1-3-5-11(21)8-19-14(22)20-12-6-4-7-13(10(12)2)23-9-15(16,17)18/h4,6-7,11,21H,3,5,8-9H2,1-2H3,(H2,19,20,22). The molecule has 0 aliphatic heterocycles. The van der Waals surface area contributed by atoms with Crippen molar-refractivity contribution in [3.63, 3.8) is 0 Å². The van der Waals surface area contributed by atoms with Gasteiger partial charge in [-0.2, -0.15) is 13.2 Å². The van der Waals surface area contributed by atoms with Gasteiger partial charge in [-0.3, -0.25) is 0 Å². The molecule has 1 aromatic carbocycles. The Hall–Kier alpha value is -1.96. The molecule has 1 aromatic rings. The molecule has 0 aliphatic carbocycles. The number of hydrogen-bond donors (Lipinski definition) is 3. The summed E-state index contributed by atoms with van der Waals surface area (Å²) in [5.41, 5.74) is 0.730. The molecule has 0 radical (unpaired) electrons. The molecular weight excluding hydrogens is 313 g/mol. The summed E-state index contributed by atoms with van der Waals surface area (Å²) in [6.07, 6.45) is -3.70. The Morgan fingerprint density at radius 3 is 2.70 bits per heavy atom. The third kappa shape index (κ3) is 7.23. The molecule has 1 rings (SSSR count). The minimum Gasteiger partial charge on any atom is -0.484 e. The molecule has 23 heavy (non-hydrogen) atoms. The van der Waals surface area contributed by atoms with Crippen molar-refractivity contribution in [3.05, 3.63) is 23.8 Å². The lowest BCUT2D eigenvalue weighted by Gasteiger charge is -2.16. The second-order valence-corrected chi connectivity index (χ2v) is 5.11. The lowest BCUT2D eigenvalue weighted by molar-refractivity contribution is -0.153. The summed E-state index contributed by atoms with van der Waals surface area (Å²) >= 11 is 0. The minimum atomic E-state index is -4.43. The molecule has 0 fully saturated rings. The molecule has 8 heteroatoms. The van der Waals surface area contributed by atoms with E-state index < -0.39 is 24.9 Å². The highest BCUT2D eigenvalue weighted by atomic mass is 19.4. The summed E-state index contributed by atoms with van der Waals surface area (Å²) in [5.74, 6) is 0.0474. The number of alkyl halides is 3. The highest BCUT2D eigenvalue weighted by molar-refractivity contribution is 5.90. The lowest BCUT2D eigenvalue weighted by atomic mass is 10.2. The molecule has 1 atom stereocenters. The van der Waals surface area contributed by atoms with Crippen molar-refractivity contribution in [1.82, 2.24) is 5.32 Å². The number of hydrogen-bond acceptors (Lipinski definition) is 3. The second-order valence-electron chi connectivity index (χ2n) is 5.11. The van der Waals surface area contributed by atoms with Gasteiger partial charge in [0.2, 0.25) is 0 Å². The summed E-state index contributed by atoms with van der Waals surface area (Å²) < 4.78 is 41.3. The lowest BCUT2D eigenvalue weighted by Crippen LogP contribution is -2.35. The number of carbonyl (C=O) groups excluding carboxylic acids is 1. The average Bonchev–Trinajstić information content (AvgIpc) is 2.45. The third-order valence-electron chi connectivity index (χ3n) is 3.04. The number of ether oxygens (including phenoxy) is 1. The van der Waals surface area contributed by atoms with Crippen LogP contribution in [0.2, 0.25) is 0 Å². The zero-order valence-electron chi connectivity index (χ0n) is 13.0. The van der Waals surface area contributed by atoms with Crippen molar-refractivity contribution < 1.29 is 27.8 Å². The van der Waals surface area contributed by atoms with E-state index in [0.717, 1.165) is 6.42 Å². The quantitative estimate of drug-likeness (QED) is 0.717. The molecule has 0 aromatic heterocycles. The molecule has 0 spiro atoms. The summed E-state index contributed by atoms with van der Waals surface area (Å²) in [6, 6.07) is 3.89. The molecule has 0 bridgehead atoms. The van der Waals surface area contributed by atoms with Gasteiger partial charge in [0.25, 0.3) is 0 Å². The fourth-order valence-electron chi connectivity index (χ4n) is 1.88. The van der Waals surface area contributed by atoms with Crippen molar-refractivity contribution in [2.75, 3.05) is 18.5 Å². The fourth-order valence-corrected chi connectivity index (χ4v) is 1.88. The van der Waals surface area contributed by atoms with Crippen LogP contribution in [0.15, 0.2) is 18.2 Å². The molecule has 5 nitrogen and oxygen atoms in total. The maximum Gasteiger partial charge on any atom is 0.422 e. The van der Waals surface area contributed by atoms with E-state index >= 15 is 0 Å². The smallest absolute Gasteiger partial charge is 0.422 e. The van der Waals surface area contributed by atoms with Gasteiger partial charge in [-0.15, -0.1) is 0 Å². The molecular formula is C15H21F3N2O3. The van der Waals surface area contributed by atoms with Gasteiger partial charge in [-0.05, 0) is 25.5 Å². The summed E-state index contributed by atoms with van der Waals surface area (Å²) in [4.78, 5) is 11.7. The maximum absolute atomic E-state index is 12.2. The van der Waals surface area contributed by atoms with Crippen LogP contribution in [0.25, 0.3) is 0 Å². The van der Waals surface area contributed by atoms with E-state index in [0.29, 0.717) is 17.7 Å². The van der Waals surface area contributed by atoms with Crippen molar-refractivity contribution in [1.29, 1.82) is 0 Å². The topological polar surface area (TPSA) is 70.6 Å². The zero-order chi connectivity index (χ0) is 17.5. The van der Waals surface area contributed by atoms with Crippen LogP contribution in [0, 0.1) is 6.92 Å². The number of urea groups is 1. The molecule has 0 aliphatic rings. The largest absolute Gasteiger partial charge is 0.484 e. The number of nitrogens with one attached hydrogen (secondary N) is 2. The number of rotatable bonds is 7. The molecule has 1 unspecified atom stereocenters. The number of aliphatic hydroxyl groups excluding tert-OH is 1. The van der Waals surface area contributed by atoms with Crippen LogP contribution in [0.3, 0.4) is 0 Å². The summed E-state index contributed by atoms with van der Waals surface area (Å²) in [7, 11) is 0. The van der Waals surface area contributed by atoms with Crippen LogP contribution in [-0.2, 0) is 0 Å². The molecule has 0 saturated heterocycles. The van der Waals surface area contributed by atoms with E-state index in [-0.39, 0.29) is 12.3 Å². The first-order valence-electron chi connectivity index (χ1n) is 7.25. The number of anilines is 1. The van der Waals surface area contributed by atoms with Gasteiger partial charge < -0.3 is 20.5 Å². The predicted molar refractivity (Wildman–Crippen MR) is 80.7 cm³/mol. The number of benzene rings is 1. The van der Waals surface area contributed by atoms with Crippen molar-refractivity contribution in [3.8, 4) is 5.75 Å². The van der Waals surface area contributed by atoms with Crippen LogP contribution in [0.5, 0.6) is 5.75 Å². The van der Waals surface area contributed by atoms with E-state index in [2.05, 4.69) is 10.6 Å². The minimum absolute atomic E-state index is 0.0474. The first-order chi connectivity index (χ1) is 10.7. The van der Waals surface area contributed by atoms with E-state index in [1.54, 1.807) is 13.0 Å². The second kappa shape index (κ2) is 8.61. The Bertz CT molecular complexity index is 521. The van der Waals surface area contributed by atoms with Crippen molar-refractivity contribution >= 4 is 11.7 Å². The van der Waals surface area contributed by atoms with Gasteiger partial charge in [0.1, 0.15) is 5.75 Å². The first-order valence-corrected chi connectivity index (χ1v) is 7.25. The van der Waals surface area contributed by atoms with E-state index in [4.69, 9.17) is 4.74 Å². The normalized spacial score (nSPS) is 12.6. The van der Waals surface area contributed by atoms with Crippen molar-refractivity contribution in [2.45, 2.75) is 39.0 Å². The molecule has 0 heterocycles. The highest BCUT2D eigenvalue weighted by Gasteiger charge is 2.28. The Balaban J connectivity index is 2.61. The van der Waals surface area contributed by atoms with E-state index in [1.807, 2.05) is 6.92 Å². The predicted octanol–water partition coefficient (Wildman–Crippen LogP) is 3.22. The Morgan fingerprint density at radius 1 is 1.39 bits per heavy atom. The third-order valence-corrected chi connectivity index (χ3v) is 3.04. The van der Waals surface area contributed by atoms with E-state index in [9.17, 15) is 23.1 Å². The van der Waals surface area contributed by atoms with Crippen molar-refractivity contribution in [2.24, 2.45) is 0 Å². The monoisotopic (exact) mass is 334 g/mol. The highest BCUT2D eigenvalue weighted by Crippen LogP contribution is 2.27. The molecule has 130 valence electrons. The molecule has 0 saturated carbocycles. The zero-order valence-corrected chi connectivity index (χ0v) is 13.0. The molecule has 3 N–H and O–H groups in total. The van der Waals surface area contributed by atoms with Crippen LogP contribution < -0.4 is 15.4 Å². The van der Waals surface area contributed by atoms with Gasteiger partial charge >= 0.3 is 12.2 Å². The van der Waals surface area contributed by atoms with Crippen LogP contribution >= 0.6 is 0 Å². The summed E-state index contributed by atoms with van der Waals surface area (Å²) in [5, 5.41) is 14.6. The van der Waals surface area contributed by atoms with Gasteiger partial charge in [0.15, 0.2) is 6.61 Å². The van der Waals surface area contributed by atoms with Crippen LogP contribution in [0.4, 0.5) is 23.7 Å². The van der Waals surface area contributed by atoms with Crippen LogP contribution in [0.1, 0.15) is 25.3 Å². The Morgan fingerprint density at radius 2 is 2.09 bits per heavy atom. The Kier molecular flexibility index (Phi) is 7.15. The number of carbonyl (C=O) groups is 1. The summed E-state index contributed by atoms with van der Waals surface area (Å²) in [6.45, 7) is 2.17. The number of halogens is 3. The van der Waals surface area contributed by atoms with Gasteiger partial charge in [-0.25, -0.2) is 4.79 Å². The van der Waals surface area contributed by atoms with Gasteiger partial charge in [0, 0.05) is 17.8 Å². The Labute approximate surface area is 132 Å².